The molecule has 27 heavy (non-hydrogen) atoms. The molecular weight excluding hydrogens is 407 g/mol. The average Bonchev–Trinajstić information content (AvgIpc) is 2.92. The highest BCUT2D eigenvalue weighted by molar-refractivity contribution is 8.15. The van der Waals surface area contributed by atoms with Crippen molar-refractivity contribution >= 4 is 63.3 Å². The molecule has 0 bridgehead atoms. The minimum Gasteiger partial charge on any atom is -0.274 e. The number of nitrogens with one attached hydrogen (secondary N) is 1. The number of hydrogen-bond donors (Lipinski definition) is 1. The molecule has 1 N–H and O–H groups in total. The van der Waals surface area contributed by atoms with Crippen LogP contribution in [0.2, 0.25) is 10.0 Å². The summed E-state index contributed by atoms with van der Waals surface area (Å²) in [6, 6.07) is 13.7. The van der Waals surface area contributed by atoms with Crippen molar-refractivity contribution in [1.29, 1.82) is 5.26 Å². The first kappa shape index (κ1) is 19.2. The number of thioether (sulfide) groups is 1. The summed E-state index contributed by atoms with van der Waals surface area (Å²) in [5.41, 5.74) is 0.867. The Labute approximate surface area is 169 Å². The largest absolute Gasteiger partial charge is 0.274 e. The van der Waals surface area contributed by atoms with Crippen LogP contribution in [0.25, 0.3) is 0 Å². The summed E-state index contributed by atoms with van der Waals surface area (Å²) in [7, 11) is 0. The second-order valence-corrected chi connectivity index (χ2v) is 7.42. The number of para-hydroxylation sites is 1. The molecule has 3 rings (SSSR count). The molecule has 0 spiro atoms. The van der Waals surface area contributed by atoms with Crippen LogP contribution >= 0.6 is 35.0 Å². The highest BCUT2D eigenvalue weighted by atomic mass is 35.5. The Balaban J connectivity index is 1.85. The van der Waals surface area contributed by atoms with Gasteiger partial charge in [0.1, 0.15) is 5.25 Å². The van der Waals surface area contributed by atoms with Gasteiger partial charge in [-0.15, -0.1) is 0 Å². The Bertz CT molecular complexity index is 960. The van der Waals surface area contributed by atoms with Crippen molar-refractivity contribution in [3.63, 3.8) is 0 Å². The molecule has 1 aliphatic rings. The lowest BCUT2D eigenvalue weighted by Gasteiger charge is -2.17. The van der Waals surface area contributed by atoms with E-state index in [-0.39, 0.29) is 27.3 Å². The van der Waals surface area contributed by atoms with E-state index < -0.39 is 17.1 Å². The third-order valence-corrected chi connectivity index (χ3v) is 5.56. The number of aliphatic imine (C=N–C) groups is 1. The van der Waals surface area contributed by atoms with Crippen molar-refractivity contribution in [1.82, 2.24) is 5.32 Å². The first-order valence-electron chi connectivity index (χ1n) is 7.77. The minimum atomic E-state index is -0.726. The third kappa shape index (κ3) is 4.25. The van der Waals surface area contributed by atoms with Crippen LogP contribution in [-0.2, 0) is 9.59 Å². The minimum absolute atomic E-state index is 0.0345. The number of amides is 2. The summed E-state index contributed by atoms with van der Waals surface area (Å²) in [5, 5.41) is 11.3. The summed E-state index contributed by atoms with van der Waals surface area (Å²) < 4.78 is 0. The van der Waals surface area contributed by atoms with E-state index in [1.54, 1.807) is 48.7 Å². The van der Waals surface area contributed by atoms with Crippen LogP contribution in [0.3, 0.4) is 0 Å². The highest BCUT2D eigenvalue weighted by Gasteiger charge is 2.41. The standard InChI is InChI=1S/C18H12Cl2N4O2S/c19-12-7-4-8-13(16(12)20)24-15(25)9-14(17(24)26)27-18(22-10-21)23-11-5-2-1-3-6-11/h1-8,14H,9H2,(H,22,23)/t14-/m0/s1. The Morgan fingerprint density at radius 2 is 1.93 bits per heavy atom. The summed E-state index contributed by atoms with van der Waals surface area (Å²) >= 11 is 13.2. The molecule has 1 saturated heterocycles. The van der Waals surface area contributed by atoms with Crippen molar-refractivity contribution in [2.75, 3.05) is 4.90 Å². The second kappa shape index (κ2) is 8.44. The molecule has 0 saturated carbocycles. The summed E-state index contributed by atoms with van der Waals surface area (Å²) in [4.78, 5) is 30.6. The number of carbonyl (C=O) groups excluding carboxylic acids is 2. The predicted octanol–water partition coefficient (Wildman–Crippen LogP) is 4.12. The monoisotopic (exact) mass is 418 g/mol. The Kier molecular flexibility index (Phi) is 6.01. The molecule has 1 atom stereocenters. The first-order valence-corrected chi connectivity index (χ1v) is 9.41. The van der Waals surface area contributed by atoms with E-state index in [2.05, 4.69) is 10.3 Å². The highest BCUT2D eigenvalue weighted by Crippen LogP contribution is 2.37. The Hall–Kier alpha value is -2.53. The smallest absolute Gasteiger partial charge is 0.247 e. The van der Waals surface area contributed by atoms with E-state index >= 15 is 0 Å². The molecule has 9 heteroatoms. The molecule has 2 aromatic carbocycles. The van der Waals surface area contributed by atoms with Crippen molar-refractivity contribution in [2.24, 2.45) is 4.99 Å². The van der Waals surface area contributed by atoms with Gasteiger partial charge in [0.25, 0.3) is 0 Å². The molecule has 1 heterocycles. The fourth-order valence-electron chi connectivity index (χ4n) is 2.50. The van der Waals surface area contributed by atoms with E-state index in [0.29, 0.717) is 5.69 Å². The quantitative estimate of drug-likeness (QED) is 0.266. The van der Waals surface area contributed by atoms with E-state index in [0.717, 1.165) is 16.7 Å². The molecule has 0 radical (unpaired) electrons. The number of benzene rings is 2. The zero-order valence-corrected chi connectivity index (χ0v) is 16.1. The zero-order chi connectivity index (χ0) is 19.4. The lowest BCUT2D eigenvalue weighted by Crippen LogP contribution is -2.32. The van der Waals surface area contributed by atoms with E-state index in [1.165, 1.54) is 0 Å². The van der Waals surface area contributed by atoms with Crippen LogP contribution in [0.5, 0.6) is 0 Å². The van der Waals surface area contributed by atoms with Crippen LogP contribution < -0.4 is 10.2 Å². The number of amidine groups is 1. The van der Waals surface area contributed by atoms with Gasteiger partial charge < -0.3 is 0 Å². The number of anilines is 1. The molecule has 0 unspecified atom stereocenters. The van der Waals surface area contributed by atoms with Gasteiger partial charge >= 0.3 is 0 Å². The van der Waals surface area contributed by atoms with Crippen molar-refractivity contribution in [3.05, 3.63) is 58.6 Å². The number of nitriles is 1. The van der Waals surface area contributed by atoms with Crippen LogP contribution in [0, 0.1) is 11.5 Å². The maximum absolute atomic E-state index is 12.8. The number of rotatable bonds is 3. The number of hydrogen-bond acceptors (Lipinski definition) is 5. The number of halogens is 2. The molecule has 0 aliphatic carbocycles. The molecule has 6 nitrogen and oxygen atoms in total. The molecule has 136 valence electrons. The Morgan fingerprint density at radius 1 is 1.19 bits per heavy atom. The van der Waals surface area contributed by atoms with E-state index in [4.69, 9.17) is 28.5 Å². The number of imide groups is 1. The lowest BCUT2D eigenvalue weighted by atomic mass is 10.3. The van der Waals surface area contributed by atoms with Crippen molar-refractivity contribution in [2.45, 2.75) is 11.7 Å². The third-order valence-electron chi connectivity index (χ3n) is 3.68. The van der Waals surface area contributed by atoms with Gasteiger partial charge in [-0.05, 0) is 24.3 Å². The van der Waals surface area contributed by atoms with Crippen LogP contribution in [0.15, 0.2) is 53.5 Å². The van der Waals surface area contributed by atoms with Gasteiger partial charge in [-0.25, -0.2) is 9.89 Å². The maximum Gasteiger partial charge on any atom is 0.247 e. The predicted molar refractivity (Wildman–Crippen MR) is 107 cm³/mol. The van der Waals surface area contributed by atoms with Crippen LogP contribution in [-0.4, -0.2) is 22.2 Å². The van der Waals surface area contributed by atoms with Gasteiger partial charge in [-0.2, -0.15) is 5.26 Å². The average molecular weight is 419 g/mol. The fraction of sp³-hybridized carbons (Fsp3) is 0.111. The normalized spacial score (nSPS) is 17.1. The topological polar surface area (TPSA) is 85.6 Å². The van der Waals surface area contributed by atoms with Gasteiger partial charge in [-0.3, -0.25) is 14.9 Å². The van der Waals surface area contributed by atoms with Crippen molar-refractivity contribution in [3.8, 4) is 6.19 Å². The molecule has 0 aromatic heterocycles. The van der Waals surface area contributed by atoms with E-state index in [9.17, 15) is 9.59 Å². The molecule has 2 amide bonds. The number of carbonyl (C=O) groups is 2. The molecular formula is C18H12Cl2N4O2S. The van der Waals surface area contributed by atoms with Gasteiger partial charge in [0.05, 0.1) is 21.4 Å². The van der Waals surface area contributed by atoms with Gasteiger partial charge in [0.2, 0.25) is 11.8 Å². The maximum atomic E-state index is 12.8. The fourth-order valence-corrected chi connectivity index (χ4v) is 3.84. The summed E-state index contributed by atoms with van der Waals surface area (Å²) in [6.45, 7) is 0. The van der Waals surface area contributed by atoms with Gasteiger partial charge in [0.15, 0.2) is 11.4 Å². The number of nitrogens with zero attached hydrogens (tertiary/aromatic N) is 3. The van der Waals surface area contributed by atoms with Crippen LogP contribution in [0.1, 0.15) is 6.42 Å². The molecule has 1 aliphatic heterocycles. The Morgan fingerprint density at radius 3 is 2.63 bits per heavy atom. The molecule has 2 aromatic rings. The summed E-state index contributed by atoms with van der Waals surface area (Å²) in [5.74, 6) is -0.827. The van der Waals surface area contributed by atoms with Gasteiger partial charge in [-0.1, -0.05) is 59.2 Å². The van der Waals surface area contributed by atoms with Crippen LogP contribution in [0.4, 0.5) is 11.4 Å². The zero-order valence-electron chi connectivity index (χ0n) is 13.7. The van der Waals surface area contributed by atoms with Crippen molar-refractivity contribution < 1.29 is 9.59 Å². The summed E-state index contributed by atoms with van der Waals surface area (Å²) in [6.07, 6.45) is 1.76. The lowest BCUT2D eigenvalue weighted by molar-refractivity contribution is -0.121. The first-order chi connectivity index (χ1) is 13.0. The SMILES string of the molecule is N#CNC(=Nc1ccccc1)S[C@H]1CC(=O)N(c2cccc(Cl)c2Cl)C1=O. The van der Waals surface area contributed by atoms with E-state index in [1.807, 2.05) is 6.07 Å². The van der Waals surface area contributed by atoms with Gasteiger partial charge in [0, 0.05) is 6.42 Å². The molecule has 1 fully saturated rings. The second-order valence-electron chi connectivity index (χ2n) is 5.44.